The van der Waals surface area contributed by atoms with Gasteiger partial charge in [-0.15, -0.1) is 0 Å². The van der Waals surface area contributed by atoms with Crippen LogP contribution in [0.15, 0.2) is 4.99 Å². The van der Waals surface area contributed by atoms with Crippen molar-refractivity contribution < 1.29 is 14.3 Å². The molecule has 1 aliphatic heterocycles. The van der Waals surface area contributed by atoms with E-state index >= 15 is 0 Å². The molecule has 12 heavy (non-hydrogen) atoms. The highest BCUT2D eigenvalue weighted by Crippen LogP contribution is 2.07. The normalized spacial score (nSPS) is 19.9. The van der Waals surface area contributed by atoms with Crippen molar-refractivity contribution in [3.63, 3.8) is 0 Å². The maximum Gasteiger partial charge on any atom is 0.313 e. The molecular weight excluding hydrogens is 158 g/mol. The van der Waals surface area contributed by atoms with Crippen LogP contribution in [-0.2, 0) is 14.3 Å². The lowest BCUT2D eigenvalue weighted by Gasteiger charge is -2.14. The fraction of sp³-hybridized carbons (Fsp3) is 0.625. The van der Waals surface area contributed by atoms with Crippen LogP contribution in [0.1, 0.15) is 13.3 Å². The molecule has 0 aromatic carbocycles. The Morgan fingerprint density at radius 2 is 2.33 bits per heavy atom. The van der Waals surface area contributed by atoms with E-state index in [0.717, 1.165) is 0 Å². The number of rotatable bonds is 4. The monoisotopic (exact) mass is 169 g/mol. The van der Waals surface area contributed by atoms with E-state index < -0.39 is 5.97 Å². The SMILES string of the molecule is CCOC(=O)CC(=O)C1C=NC1. The molecule has 1 heterocycles. The van der Waals surface area contributed by atoms with Crippen LogP contribution in [0.2, 0.25) is 0 Å². The molecule has 0 bridgehead atoms. The molecule has 4 heteroatoms. The van der Waals surface area contributed by atoms with Crippen molar-refractivity contribution in [1.29, 1.82) is 0 Å². The summed E-state index contributed by atoms with van der Waals surface area (Å²) in [4.78, 5) is 25.7. The molecule has 1 rings (SSSR count). The first kappa shape index (κ1) is 8.90. The fourth-order valence-electron chi connectivity index (χ4n) is 0.881. The van der Waals surface area contributed by atoms with Crippen molar-refractivity contribution in [3.8, 4) is 0 Å². The molecule has 4 nitrogen and oxygen atoms in total. The van der Waals surface area contributed by atoms with Crippen LogP contribution in [0, 0.1) is 5.92 Å². The zero-order valence-electron chi connectivity index (χ0n) is 6.95. The Labute approximate surface area is 70.6 Å². The molecule has 0 N–H and O–H groups in total. The van der Waals surface area contributed by atoms with Gasteiger partial charge in [-0.2, -0.15) is 0 Å². The van der Waals surface area contributed by atoms with Gasteiger partial charge in [0.1, 0.15) is 6.42 Å². The molecule has 0 saturated heterocycles. The Morgan fingerprint density at radius 3 is 2.75 bits per heavy atom. The maximum atomic E-state index is 11.1. The zero-order chi connectivity index (χ0) is 8.97. The summed E-state index contributed by atoms with van der Waals surface area (Å²) in [7, 11) is 0. The van der Waals surface area contributed by atoms with Gasteiger partial charge in [0.2, 0.25) is 0 Å². The summed E-state index contributed by atoms with van der Waals surface area (Å²) in [6, 6.07) is 0. The number of hydrogen-bond donors (Lipinski definition) is 0. The van der Waals surface area contributed by atoms with E-state index in [-0.39, 0.29) is 18.1 Å². The topological polar surface area (TPSA) is 55.7 Å². The van der Waals surface area contributed by atoms with E-state index in [9.17, 15) is 9.59 Å². The molecule has 0 aromatic heterocycles. The summed E-state index contributed by atoms with van der Waals surface area (Å²) in [6.45, 7) is 2.57. The van der Waals surface area contributed by atoms with Gasteiger partial charge in [0.15, 0.2) is 5.78 Å². The van der Waals surface area contributed by atoms with Crippen LogP contribution in [0.25, 0.3) is 0 Å². The van der Waals surface area contributed by atoms with Gasteiger partial charge < -0.3 is 4.74 Å². The van der Waals surface area contributed by atoms with E-state index in [1.807, 2.05) is 0 Å². The van der Waals surface area contributed by atoms with Crippen molar-refractivity contribution in [2.24, 2.45) is 10.9 Å². The second-order valence-corrected chi connectivity index (χ2v) is 2.57. The summed E-state index contributed by atoms with van der Waals surface area (Å²) in [5.41, 5.74) is 0. The molecule has 1 atom stereocenters. The van der Waals surface area contributed by atoms with E-state index in [1.165, 1.54) is 0 Å². The third-order valence-electron chi connectivity index (χ3n) is 1.62. The first-order chi connectivity index (χ1) is 5.74. The highest BCUT2D eigenvalue weighted by Gasteiger charge is 2.23. The van der Waals surface area contributed by atoms with E-state index in [0.29, 0.717) is 13.2 Å². The van der Waals surface area contributed by atoms with Gasteiger partial charge >= 0.3 is 5.97 Å². The second-order valence-electron chi connectivity index (χ2n) is 2.57. The third kappa shape index (κ3) is 2.15. The van der Waals surface area contributed by atoms with Gasteiger partial charge in [-0.05, 0) is 6.92 Å². The van der Waals surface area contributed by atoms with E-state index in [4.69, 9.17) is 0 Å². The summed E-state index contributed by atoms with van der Waals surface area (Å²) >= 11 is 0. The molecule has 0 radical (unpaired) electrons. The number of nitrogens with zero attached hydrogens (tertiary/aromatic N) is 1. The number of carbonyl (C=O) groups is 2. The molecule has 0 aliphatic carbocycles. The molecule has 1 unspecified atom stereocenters. The quantitative estimate of drug-likeness (QED) is 0.446. The Hall–Kier alpha value is -1.19. The minimum atomic E-state index is -0.442. The maximum absolute atomic E-state index is 11.1. The summed E-state index contributed by atoms with van der Waals surface area (Å²) in [5, 5.41) is 0. The summed E-state index contributed by atoms with van der Waals surface area (Å²) in [5.74, 6) is -0.680. The first-order valence-electron chi connectivity index (χ1n) is 3.92. The Balaban J connectivity index is 2.25. The number of carbonyl (C=O) groups excluding carboxylic acids is 2. The van der Waals surface area contributed by atoms with Gasteiger partial charge in [-0.1, -0.05) is 0 Å². The van der Waals surface area contributed by atoms with Crippen LogP contribution >= 0.6 is 0 Å². The molecule has 66 valence electrons. The van der Waals surface area contributed by atoms with E-state index in [2.05, 4.69) is 9.73 Å². The lowest BCUT2D eigenvalue weighted by atomic mass is 10.00. The van der Waals surface area contributed by atoms with Crippen molar-refractivity contribution >= 4 is 18.0 Å². The van der Waals surface area contributed by atoms with Gasteiger partial charge in [0.05, 0.1) is 19.1 Å². The standard InChI is InChI=1S/C8H11NO3/c1-2-12-8(11)3-7(10)6-4-9-5-6/h4,6H,2-3,5H2,1H3. The van der Waals surface area contributed by atoms with Crippen LogP contribution in [-0.4, -0.2) is 31.1 Å². The van der Waals surface area contributed by atoms with Crippen LogP contribution in [0.3, 0.4) is 0 Å². The second kappa shape index (κ2) is 3.99. The van der Waals surface area contributed by atoms with Gasteiger partial charge in [0, 0.05) is 6.21 Å². The Kier molecular flexibility index (Phi) is 2.96. The van der Waals surface area contributed by atoms with Crippen LogP contribution in [0.4, 0.5) is 0 Å². The molecule has 0 aromatic rings. The molecule has 0 fully saturated rings. The minimum absolute atomic E-state index is 0.0940. The molecule has 0 saturated carbocycles. The van der Waals surface area contributed by atoms with Crippen LogP contribution in [0.5, 0.6) is 0 Å². The van der Waals surface area contributed by atoms with Crippen LogP contribution < -0.4 is 0 Å². The van der Waals surface area contributed by atoms with Gasteiger partial charge in [-0.3, -0.25) is 14.6 Å². The number of ketones is 1. The molecule has 0 amide bonds. The van der Waals surface area contributed by atoms with Crippen molar-refractivity contribution in [2.45, 2.75) is 13.3 Å². The summed E-state index contributed by atoms with van der Waals surface area (Å²) < 4.78 is 4.63. The number of aliphatic imine (C=N–C) groups is 1. The van der Waals surface area contributed by atoms with Crippen molar-refractivity contribution in [1.82, 2.24) is 0 Å². The van der Waals surface area contributed by atoms with Crippen molar-refractivity contribution in [3.05, 3.63) is 0 Å². The number of hydrogen-bond acceptors (Lipinski definition) is 4. The fourth-order valence-corrected chi connectivity index (χ4v) is 0.881. The third-order valence-corrected chi connectivity index (χ3v) is 1.62. The molecular formula is C8H11NO3. The number of esters is 1. The predicted molar refractivity (Wildman–Crippen MR) is 43.1 cm³/mol. The summed E-state index contributed by atoms with van der Waals surface area (Å²) in [6.07, 6.45) is 1.45. The average molecular weight is 169 g/mol. The zero-order valence-corrected chi connectivity index (χ0v) is 6.95. The highest BCUT2D eigenvalue weighted by molar-refractivity contribution is 6.05. The lowest BCUT2D eigenvalue weighted by Crippen LogP contribution is -2.28. The van der Waals surface area contributed by atoms with E-state index in [1.54, 1.807) is 13.1 Å². The number of Topliss-reactive ketones (excluding diaryl/α,β-unsaturated/α-hetero) is 1. The molecule has 1 aliphatic rings. The molecule has 0 spiro atoms. The Morgan fingerprint density at radius 1 is 1.67 bits per heavy atom. The first-order valence-corrected chi connectivity index (χ1v) is 3.92. The smallest absolute Gasteiger partial charge is 0.313 e. The largest absolute Gasteiger partial charge is 0.466 e. The predicted octanol–water partition coefficient (Wildman–Crippen LogP) is 0.209. The van der Waals surface area contributed by atoms with Crippen molar-refractivity contribution in [2.75, 3.05) is 13.2 Å². The Bertz CT molecular complexity index is 222. The van der Waals surface area contributed by atoms with Gasteiger partial charge in [-0.25, -0.2) is 0 Å². The van der Waals surface area contributed by atoms with Gasteiger partial charge in [0.25, 0.3) is 0 Å². The minimum Gasteiger partial charge on any atom is -0.466 e. The highest BCUT2D eigenvalue weighted by atomic mass is 16.5. The number of ether oxygens (including phenoxy) is 1. The lowest BCUT2D eigenvalue weighted by molar-refractivity contribution is -0.145. The average Bonchev–Trinajstić information content (AvgIpc) is 1.82.